The van der Waals surface area contributed by atoms with Gasteiger partial charge in [0, 0.05) is 46.8 Å². The highest BCUT2D eigenvalue weighted by molar-refractivity contribution is 6.13. The van der Waals surface area contributed by atoms with Gasteiger partial charge in [-0.05, 0) is 63.3 Å². The highest BCUT2D eigenvalue weighted by Crippen LogP contribution is 2.41. The molecule has 1 aromatic heterocycles. The third kappa shape index (κ3) is 5.05. The van der Waals surface area contributed by atoms with E-state index in [1.54, 1.807) is 13.0 Å². The van der Waals surface area contributed by atoms with E-state index in [0.717, 1.165) is 46.2 Å². The van der Waals surface area contributed by atoms with Crippen molar-refractivity contribution in [3.63, 3.8) is 0 Å². The number of anilines is 1. The lowest BCUT2D eigenvalue weighted by Gasteiger charge is -2.23. The first-order chi connectivity index (χ1) is 18.8. The van der Waals surface area contributed by atoms with Crippen LogP contribution in [0.5, 0.6) is 0 Å². The van der Waals surface area contributed by atoms with Gasteiger partial charge in [-0.2, -0.15) is 5.26 Å². The first kappa shape index (κ1) is 26.2. The number of fused-ring (bicyclic) bond motifs is 1. The minimum absolute atomic E-state index is 0.00969. The van der Waals surface area contributed by atoms with Crippen molar-refractivity contribution in [2.45, 2.75) is 52.5 Å². The molecule has 6 nitrogen and oxygen atoms in total. The number of hydrogen-bond acceptors (Lipinski definition) is 5. The Morgan fingerprint density at radius 1 is 1.05 bits per heavy atom. The molecule has 1 saturated carbocycles. The van der Waals surface area contributed by atoms with Gasteiger partial charge in [0.15, 0.2) is 5.78 Å². The van der Waals surface area contributed by atoms with Crippen molar-refractivity contribution in [1.82, 2.24) is 5.32 Å². The van der Waals surface area contributed by atoms with Crippen LogP contribution in [0.1, 0.15) is 66.3 Å². The zero-order chi connectivity index (χ0) is 27.7. The summed E-state index contributed by atoms with van der Waals surface area (Å²) >= 11 is 0. The molecule has 39 heavy (non-hydrogen) atoms. The lowest BCUT2D eigenvalue weighted by atomic mass is 9.94. The second-order valence-corrected chi connectivity index (χ2v) is 10.5. The number of Topliss-reactive ketones (excluding diaryl/α,β-unsaturated/α-hetero) is 1. The van der Waals surface area contributed by atoms with Gasteiger partial charge in [-0.1, -0.05) is 48.9 Å². The summed E-state index contributed by atoms with van der Waals surface area (Å²) < 4.78 is 6.33. The molecule has 1 aliphatic rings. The van der Waals surface area contributed by atoms with Crippen LogP contribution in [0.4, 0.5) is 5.69 Å². The number of carbonyl (C=O) groups excluding carboxylic acids is 2. The van der Waals surface area contributed by atoms with Crippen molar-refractivity contribution in [1.29, 1.82) is 5.26 Å². The summed E-state index contributed by atoms with van der Waals surface area (Å²) in [6.07, 6.45) is 2.25. The number of nitriles is 1. The van der Waals surface area contributed by atoms with Crippen LogP contribution in [0.2, 0.25) is 0 Å². The number of furan rings is 1. The Labute approximate surface area is 229 Å². The van der Waals surface area contributed by atoms with E-state index in [9.17, 15) is 14.9 Å². The van der Waals surface area contributed by atoms with E-state index in [1.807, 2.05) is 75.4 Å². The number of benzene rings is 3. The molecule has 198 valence electrons. The van der Waals surface area contributed by atoms with E-state index in [-0.39, 0.29) is 17.6 Å². The van der Waals surface area contributed by atoms with E-state index in [0.29, 0.717) is 35.4 Å². The van der Waals surface area contributed by atoms with Gasteiger partial charge in [0.2, 0.25) is 0 Å². The molecule has 1 fully saturated rings. The van der Waals surface area contributed by atoms with Crippen LogP contribution in [0, 0.1) is 24.2 Å². The van der Waals surface area contributed by atoms with Gasteiger partial charge in [0.25, 0.3) is 5.91 Å². The Morgan fingerprint density at radius 2 is 1.79 bits per heavy atom. The predicted octanol–water partition coefficient (Wildman–Crippen LogP) is 7.52. The molecular weight excluding hydrogens is 486 g/mol. The fraction of sp³-hybridized carbons (Fsp3) is 0.303. The van der Waals surface area contributed by atoms with Crippen molar-refractivity contribution in [2.24, 2.45) is 5.92 Å². The third-order valence-corrected chi connectivity index (χ3v) is 7.54. The molecule has 0 aliphatic heterocycles. The minimum atomic E-state index is -0.875. The van der Waals surface area contributed by atoms with Gasteiger partial charge in [-0.25, -0.2) is 0 Å². The molecule has 1 heterocycles. The zero-order valence-corrected chi connectivity index (χ0v) is 22.9. The number of amides is 1. The Balaban J connectivity index is 1.62. The molecule has 6 heteroatoms. The standard InChI is InChI=1S/C33H33N3O3/c1-5-28(37)30-26-17-25(22-8-7-9-23(16-22)32(38)36-33(4,19-34)24-14-15-24)27(35-6-2)18-29(26)39-31(30)21-12-10-20(3)11-13-21/h7-13,16-18,24,35H,5-6,14-15H2,1-4H3,(H,36,38). The molecule has 0 saturated heterocycles. The zero-order valence-electron chi connectivity index (χ0n) is 22.9. The van der Waals surface area contributed by atoms with Crippen molar-refractivity contribution in [3.8, 4) is 28.5 Å². The van der Waals surface area contributed by atoms with Crippen molar-refractivity contribution >= 4 is 28.3 Å². The van der Waals surface area contributed by atoms with Crippen molar-refractivity contribution < 1.29 is 14.0 Å². The molecule has 1 atom stereocenters. The summed E-state index contributed by atoms with van der Waals surface area (Å²) in [5, 5.41) is 16.8. The molecule has 0 spiro atoms. The van der Waals surface area contributed by atoms with E-state index < -0.39 is 5.54 Å². The topological polar surface area (TPSA) is 95.1 Å². The van der Waals surface area contributed by atoms with E-state index in [2.05, 4.69) is 16.7 Å². The van der Waals surface area contributed by atoms with Crippen LogP contribution in [0.15, 0.2) is 65.1 Å². The normalized spacial score (nSPS) is 14.4. The quantitative estimate of drug-likeness (QED) is 0.223. The maximum atomic E-state index is 13.2. The van der Waals surface area contributed by atoms with Crippen LogP contribution >= 0.6 is 0 Å². The summed E-state index contributed by atoms with van der Waals surface area (Å²) in [5.74, 6) is 0.498. The van der Waals surface area contributed by atoms with E-state index >= 15 is 0 Å². The van der Waals surface area contributed by atoms with E-state index in [4.69, 9.17) is 4.42 Å². The van der Waals surface area contributed by atoms with Crippen molar-refractivity contribution in [2.75, 3.05) is 11.9 Å². The Morgan fingerprint density at radius 3 is 2.44 bits per heavy atom. The van der Waals surface area contributed by atoms with Gasteiger partial charge in [0.1, 0.15) is 16.9 Å². The summed E-state index contributed by atoms with van der Waals surface area (Å²) in [7, 11) is 0. The van der Waals surface area contributed by atoms with Crippen LogP contribution < -0.4 is 10.6 Å². The molecule has 0 radical (unpaired) electrons. The van der Waals surface area contributed by atoms with Crippen LogP contribution in [-0.2, 0) is 0 Å². The Hall–Kier alpha value is -4.37. The Bertz CT molecular complexity index is 1610. The largest absolute Gasteiger partial charge is 0.455 e. The van der Waals surface area contributed by atoms with Gasteiger partial charge in [-0.3, -0.25) is 9.59 Å². The van der Waals surface area contributed by atoms with Crippen LogP contribution in [0.3, 0.4) is 0 Å². The molecule has 3 aromatic carbocycles. The number of aryl methyl sites for hydroxylation is 1. The molecule has 5 rings (SSSR count). The second kappa shape index (κ2) is 10.4. The molecular formula is C33H33N3O3. The SMILES string of the molecule is CCNc1cc2oc(-c3ccc(C)cc3)c(C(=O)CC)c2cc1-c1cccc(C(=O)NC(C)(C#N)C2CC2)c1. The molecule has 0 bridgehead atoms. The molecule has 4 aromatic rings. The molecule has 1 amide bonds. The summed E-state index contributed by atoms with van der Waals surface area (Å²) in [6.45, 7) is 8.38. The predicted molar refractivity (Wildman–Crippen MR) is 155 cm³/mol. The minimum Gasteiger partial charge on any atom is -0.455 e. The number of hydrogen-bond donors (Lipinski definition) is 2. The fourth-order valence-electron chi connectivity index (χ4n) is 5.10. The molecule has 1 unspecified atom stereocenters. The highest BCUT2D eigenvalue weighted by atomic mass is 16.3. The number of nitrogens with zero attached hydrogens (tertiary/aromatic N) is 1. The fourth-order valence-corrected chi connectivity index (χ4v) is 5.10. The maximum absolute atomic E-state index is 13.2. The van der Waals surface area contributed by atoms with Gasteiger partial charge in [-0.15, -0.1) is 0 Å². The van der Waals surface area contributed by atoms with E-state index in [1.165, 1.54) is 0 Å². The van der Waals surface area contributed by atoms with Crippen LogP contribution in [0.25, 0.3) is 33.4 Å². The highest BCUT2D eigenvalue weighted by Gasteiger charge is 2.43. The average Bonchev–Trinajstić information content (AvgIpc) is 3.75. The molecule has 1 aliphatic carbocycles. The van der Waals surface area contributed by atoms with Gasteiger partial charge < -0.3 is 15.1 Å². The smallest absolute Gasteiger partial charge is 0.252 e. The monoisotopic (exact) mass is 519 g/mol. The summed E-state index contributed by atoms with van der Waals surface area (Å²) in [5.41, 5.74) is 5.34. The summed E-state index contributed by atoms with van der Waals surface area (Å²) in [4.78, 5) is 26.4. The Kier molecular flexibility index (Phi) is 7.01. The summed E-state index contributed by atoms with van der Waals surface area (Å²) in [6, 6.07) is 21.6. The lowest BCUT2D eigenvalue weighted by Crippen LogP contribution is -2.46. The van der Waals surface area contributed by atoms with Crippen molar-refractivity contribution in [3.05, 3.63) is 77.4 Å². The van der Waals surface area contributed by atoms with Gasteiger partial charge >= 0.3 is 0 Å². The van der Waals surface area contributed by atoms with Crippen LogP contribution in [-0.4, -0.2) is 23.8 Å². The second-order valence-electron chi connectivity index (χ2n) is 10.5. The number of ketones is 1. The number of carbonyl (C=O) groups is 2. The molecule has 2 N–H and O–H groups in total. The number of rotatable bonds is 9. The third-order valence-electron chi connectivity index (χ3n) is 7.54. The van der Waals surface area contributed by atoms with Gasteiger partial charge in [0.05, 0.1) is 11.6 Å². The first-order valence-corrected chi connectivity index (χ1v) is 13.6. The number of nitrogens with one attached hydrogen (secondary N) is 2. The first-order valence-electron chi connectivity index (χ1n) is 13.6. The average molecular weight is 520 g/mol. The maximum Gasteiger partial charge on any atom is 0.252 e. The lowest BCUT2D eigenvalue weighted by molar-refractivity contribution is 0.0916.